The highest BCUT2D eigenvalue weighted by Gasteiger charge is 2.13. The Bertz CT molecular complexity index is 995. The predicted molar refractivity (Wildman–Crippen MR) is 135 cm³/mol. The molecule has 1 aromatic heterocycles. The summed E-state index contributed by atoms with van der Waals surface area (Å²) in [4.78, 5) is 16.5. The van der Waals surface area contributed by atoms with Gasteiger partial charge >= 0.3 is 0 Å². The van der Waals surface area contributed by atoms with Gasteiger partial charge in [-0.25, -0.2) is 4.98 Å². The van der Waals surface area contributed by atoms with Gasteiger partial charge in [0.1, 0.15) is 5.82 Å². The molecule has 0 amide bonds. The van der Waals surface area contributed by atoms with Gasteiger partial charge in [0, 0.05) is 71.0 Å². The SMILES string of the molecule is CN1CCN(CCNc2nc(NCCc3ccc(N(C)C)cc3)nc3ccccc23)CC1. The highest BCUT2D eigenvalue weighted by Crippen LogP contribution is 2.22. The van der Waals surface area contributed by atoms with Crippen LogP contribution in [0.1, 0.15) is 5.56 Å². The average molecular weight is 434 g/mol. The van der Waals surface area contributed by atoms with Gasteiger partial charge < -0.3 is 20.4 Å². The Morgan fingerprint density at radius 1 is 0.875 bits per heavy atom. The lowest BCUT2D eigenvalue weighted by molar-refractivity contribution is 0.158. The summed E-state index contributed by atoms with van der Waals surface area (Å²) in [5.41, 5.74) is 3.48. The summed E-state index contributed by atoms with van der Waals surface area (Å²) >= 11 is 0. The van der Waals surface area contributed by atoms with Gasteiger partial charge in [0.2, 0.25) is 5.95 Å². The van der Waals surface area contributed by atoms with Crippen LogP contribution >= 0.6 is 0 Å². The van der Waals surface area contributed by atoms with Crippen molar-refractivity contribution < 1.29 is 0 Å². The molecule has 2 heterocycles. The molecule has 170 valence electrons. The Labute approximate surface area is 191 Å². The standard InChI is InChI=1S/C25H35N7/c1-30(2)21-10-8-20(9-11-21)12-13-27-25-28-23-7-5-4-6-22(23)24(29-25)26-14-15-32-18-16-31(3)17-19-32/h4-11H,12-19H2,1-3H3,(H2,26,27,28,29). The van der Waals surface area contributed by atoms with Crippen molar-refractivity contribution in [2.45, 2.75) is 6.42 Å². The molecule has 3 aromatic rings. The van der Waals surface area contributed by atoms with Crippen LogP contribution in [0.3, 0.4) is 0 Å². The summed E-state index contributed by atoms with van der Waals surface area (Å²) in [7, 11) is 6.31. The molecule has 2 N–H and O–H groups in total. The Hall–Kier alpha value is -2.90. The van der Waals surface area contributed by atoms with E-state index in [-0.39, 0.29) is 0 Å². The second-order valence-corrected chi connectivity index (χ2v) is 8.72. The van der Waals surface area contributed by atoms with Crippen LogP contribution in [0, 0.1) is 0 Å². The fourth-order valence-corrected chi connectivity index (χ4v) is 3.97. The van der Waals surface area contributed by atoms with Crippen LogP contribution in [0.2, 0.25) is 0 Å². The van der Waals surface area contributed by atoms with Crippen LogP contribution in [0.5, 0.6) is 0 Å². The number of rotatable bonds is 9. The minimum Gasteiger partial charge on any atom is -0.378 e. The molecule has 0 radical (unpaired) electrons. The summed E-state index contributed by atoms with van der Waals surface area (Å²) in [5.74, 6) is 1.58. The maximum Gasteiger partial charge on any atom is 0.225 e. The molecule has 0 saturated carbocycles. The van der Waals surface area contributed by atoms with Gasteiger partial charge in [0.15, 0.2) is 0 Å². The van der Waals surface area contributed by atoms with E-state index in [2.05, 4.69) is 76.8 Å². The summed E-state index contributed by atoms with van der Waals surface area (Å²) in [6.45, 7) is 7.24. The van der Waals surface area contributed by atoms with Crippen molar-refractivity contribution in [2.24, 2.45) is 0 Å². The molecule has 1 fully saturated rings. The van der Waals surface area contributed by atoms with Crippen molar-refractivity contribution in [2.75, 3.05) is 82.5 Å². The first kappa shape index (κ1) is 22.3. The highest BCUT2D eigenvalue weighted by atomic mass is 15.3. The van der Waals surface area contributed by atoms with Gasteiger partial charge in [0.25, 0.3) is 0 Å². The number of aromatic nitrogens is 2. The van der Waals surface area contributed by atoms with Gasteiger partial charge in [-0.1, -0.05) is 24.3 Å². The molecule has 1 saturated heterocycles. The van der Waals surface area contributed by atoms with Crippen molar-refractivity contribution in [1.29, 1.82) is 0 Å². The third kappa shape index (κ3) is 5.87. The summed E-state index contributed by atoms with van der Waals surface area (Å²) in [5, 5.41) is 8.05. The van der Waals surface area contributed by atoms with E-state index in [1.165, 1.54) is 11.3 Å². The zero-order valence-corrected chi connectivity index (χ0v) is 19.5. The zero-order chi connectivity index (χ0) is 22.3. The Kier molecular flexibility index (Phi) is 7.39. The number of fused-ring (bicyclic) bond motifs is 1. The molecular formula is C25H35N7. The number of nitrogens with one attached hydrogen (secondary N) is 2. The average Bonchev–Trinajstić information content (AvgIpc) is 2.81. The second-order valence-electron chi connectivity index (χ2n) is 8.72. The number of likely N-dealkylation sites (N-methyl/N-ethyl adjacent to an activating group) is 1. The van der Waals surface area contributed by atoms with Crippen molar-refractivity contribution in [3.8, 4) is 0 Å². The lowest BCUT2D eigenvalue weighted by Crippen LogP contribution is -2.45. The second kappa shape index (κ2) is 10.6. The molecule has 32 heavy (non-hydrogen) atoms. The fourth-order valence-electron chi connectivity index (χ4n) is 3.97. The number of hydrogen-bond acceptors (Lipinski definition) is 7. The van der Waals surface area contributed by atoms with E-state index >= 15 is 0 Å². The van der Waals surface area contributed by atoms with E-state index < -0.39 is 0 Å². The molecule has 0 atom stereocenters. The van der Waals surface area contributed by atoms with Crippen molar-refractivity contribution in [1.82, 2.24) is 19.8 Å². The lowest BCUT2D eigenvalue weighted by atomic mass is 10.1. The van der Waals surface area contributed by atoms with Crippen LogP contribution in [0.25, 0.3) is 10.9 Å². The lowest BCUT2D eigenvalue weighted by Gasteiger charge is -2.32. The van der Waals surface area contributed by atoms with Crippen LogP contribution in [0.15, 0.2) is 48.5 Å². The number of piperazine rings is 1. The molecule has 1 aliphatic heterocycles. The van der Waals surface area contributed by atoms with Gasteiger partial charge in [0.05, 0.1) is 5.52 Å². The topological polar surface area (TPSA) is 59.6 Å². The third-order valence-corrected chi connectivity index (χ3v) is 6.07. The van der Waals surface area contributed by atoms with Gasteiger partial charge in [-0.3, -0.25) is 4.90 Å². The maximum absolute atomic E-state index is 4.80. The predicted octanol–water partition coefficient (Wildman–Crippen LogP) is 3.01. The maximum atomic E-state index is 4.80. The molecule has 2 aromatic carbocycles. The largest absolute Gasteiger partial charge is 0.378 e. The normalized spacial score (nSPS) is 15.1. The molecule has 7 heteroatoms. The summed E-state index contributed by atoms with van der Waals surface area (Å²) < 4.78 is 0. The molecule has 0 unspecified atom stereocenters. The molecule has 0 bridgehead atoms. The minimum atomic E-state index is 0.677. The van der Waals surface area contributed by atoms with Crippen LogP contribution in [-0.2, 0) is 6.42 Å². The first-order valence-corrected chi connectivity index (χ1v) is 11.5. The number of para-hydroxylation sites is 1. The Morgan fingerprint density at radius 2 is 1.62 bits per heavy atom. The third-order valence-electron chi connectivity index (χ3n) is 6.07. The van der Waals surface area contributed by atoms with E-state index in [4.69, 9.17) is 9.97 Å². The molecular weight excluding hydrogens is 398 g/mol. The molecule has 4 rings (SSSR count). The quantitative estimate of drug-likeness (QED) is 0.538. The molecule has 0 aliphatic carbocycles. The Morgan fingerprint density at radius 3 is 2.38 bits per heavy atom. The van der Waals surface area contributed by atoms with E-state index in [1.807, 2.05) is 18.2 Å². The number of benzene rings is 2. The fraction of sp³-hybridized carbons (Fsp3) is 0.440. The van der Waals surface area contributed by atoms with E-state index in [9.17, 15) is 0 Å². The minimum absolute atomic E-state index is 0.677. The number of hydrogen-bond donors (Lipinski definition) is 2. The van der Waals surface area contributed by atoms with Gasteiger partial charge in [-0.2, -0.15) is 4.98 Å². The number of anilines is 3. The van der Waals surface area contributed by atoms with Crippen LogP contribution < -0.4 is 15.5 Å². The highest BCUT2D eigenvalue weighted by molar-refractivity contribution is 5.90. The van der Waals surface area contributed by atoms with Crippen LogP contribution in [0.4, 0.5) is 17.5 Å². The first-order valence-electron chi connectivity index (χ1n) is 11.5. The van der Waals surface area contributed by atoms with Crippen molar-refractivity contribution in [3.05, 3.63) is 54.1 Å². The number of nitrogens with zero attached hydrogens (tertiary/aromatic N) is 5. The van der Waals surface area contributed by atoms with E-state index in [1.54, 1.807) is 0 Å². The molecule has 1 aliphatic rings. The Balaban J connectivity index is 1.36. The van der Waals surface area contributed by atoms with Crippen molar-refractivity contribution in [3.63, 3.8) is 0 Å². The first-order chi connectivity index (χ1) is 15.6. The van der Waals surface area contributed by atoms with E-state index in [0.717, 1.165) is 69.0 Å². The van der Waals surface area contributed by atoms with Gasteiger partial charge in [-0.15, -0.1) is 0 Å². The smallest absolute Gasteiger partial charge is 0.225 e. The van der Waals surface area contributed by atoms with Gasteiger partial charge in [-0.05, 0) is 43.3 Å². The van der Waals surface area contributed by atoms with E-state index in [0.29, 0.717) is 5.95 Å². The monoisotopic (exact) mass is 433 g/mol. The summed E-state index contributed by atoms with van der Waals surface area (Å²) in [6.07, 6.45) is 0.927. The summed E-state index contributed by atoms with van der Waals surface area (Å²) in [6, 6.07) is 16.9. The van der Waals surface area contributed by atoms with Crippen LogP contribution in [-0.4, -0.2) is 86.7 Å². The molecule has 7 nitrogen and oxygen atoms in total. The zero-order valence-electron chi connectivity index (χ0n) is 19.5. The van der Waals surface area contributed by atoms with Crippen molar-refractivity contribution >= 4 is 28.4 Å². The molecule has 0 spiro atoms.